The number of hydrogen-bond acceptors (Lipinski definition) is 5. The molecule has 0 saturated carbocycles. The molecule has 1 amide bonds. The number of nitrogens with zero attached hydrogens (tertiary/aromatic N) is 2. The normalized spacial score (nSPS) is 10.3. The molecular weight excluding hydrogens is 280 g/mol. The second-order valence-electron chi connectivity index (χ2n) is 4.10. The molecule has 106 valence electrons. The molecule has 0 saturated heterocycles. The zero-order valence-corrected chi connectivity index (χ0v) is 12.0. The number of carbonyl (C=O) groups excluding carboxylic acids is 1. The molecule has 2 N–H and O–H groups in total. The van der Waals surface area contributed by atoms with E-state index in [4.69, 9.17) is 16.0 Å². The highest BCUT2D eigenvalue weighted by atomic mass is 35.5. The van der Waals surface area contributed by atoms with Crippen LogP contribution in [0.15, 0.2) is 22.7 Å². The lowest BCUT2D eigenvalue weighted by molar-refractivity contribution is 0.0942. The highest BCUT2D eigenvalue weighted by Gasteiger charge is 2.14. The minimum atomic E-state index is -0.370. The van der Waals surface area contributed by atoms with Crippen molar-refractivity contribution in [3.05, 3.63) is 40.7 Å². The minimum Gasteiger partial charge on any atom is -0.444 e. The van der Waals surface area contributed by atoms with Crippen molar-refractivity contribution in [1.29, 1.82) is 0 Å². The van der Waals surface area contributed by atoms with Crippen LogP contribution in [0, 0.1) is 6.92 Å². The van der Waals surface area contributed by atoms with Crippen LogP contribution < -0.4 is 10.6 Å². The number of amides is 1. The van der Waals surface area contributed by atoms with Crippen molar-refractivity contribution >= 4 is 23.3 Å². The molecule has 0 aliphatic heterocycles. The molecule has 2 aromatic rings. The number of rotatable bonds is 5. The minimum absolute atomic E-state index is 0.174. The Balaban J connectivity index is 2.06. The number of hydrogen-bond donors (Lipinski definition) is 2. The molecule has 0 aromatic carbocycles. The first-order chi connectivity index (χ1) is 9.60. The second-order valence-corrected chi connectivity index (χ2v) is 4.51. The van der Waals surface area contributed by atoms with Gasteiger partial charge in [0.25, 0.3) is 5.91 Å². The number of nitrogens with one attached hydrogen (secondary N) is 2. The van der Waals surface area contributed by atoms with Gasteiger partial charge in [0.15, 0.2) is 0 Å². The van der Waals surface area contributed by atoms with Crippen LogP contribution in [0.2, 0.25) is 5.02 Å². The predicted octanol–water partition coefficient (Wildman–Crippen LogP) is 2.39. The molecule has 2 rings (SSSR count). The van der Waals surface area contributed by atoms with Crippen LogP contribution in [0.3, 0.4) is 0 Å². The van der Waals surface area contributed by atoms with Crippen LogP contribution >= 0.6 is 11.6 Å². The van der Waals surface area contributed by atoms with Gasteiger partial charge in [-0.25, -0.2) is 9.97 Å². The molecule has 7 heteroatoms. The van der Waals surface area contributed by atoms with Gasteiger partial charge in [0, 0.05) is 6.54 Å². The lowest BCUT2D eigenvalue weighted by Crippen LogP contribution is -2.24. The van der Waals surface area contributed by atoms with E-state index in [-0.39, 0.29) is 18.1 Å². The van der Waals surface area contributed by atoms with Gasteiger partial charge < -0.3 is 15.1 Å². The third-order valence-corrected chi connectivity index (χ3v) is 2.79. The topological polar surface area (TPSA) is 80.0 Å². The Kier molecular flexibility index (Phi) is 4.57. The Labute approximate surface area is 121 Å². The summed E-state index contributed by atoms with van der Waals surface area (Å²) >= 11 is 5.99. The summed E-state index contributed by atoms with van der Waals surface area (Å²) in [4.78, 5) is 20.2. The predicted molar refractivity (Wildman–Crippen MR) is 75.8 cm³/mol. The van der Waals surface area contributed by atoms with E-state index < -0.39 is 0 Å². The number of carbonyl (C=O) groups is 1. The van der Waals surface area contributed by atoms with Crippen LogP contribution in [-0.4, -0.2) is 22.4 Å². The summed E-state index contributed by atoms with van der Waals surface area (Å²) in [6.07, 6.45) is 1.60. The number of aryl methyl sites for hydroxylation is 1. The summed E-state index contributed by atoms with van der Waals surface area (Å²) in [5.74, 6) is 1.37. The molecule has 2 heterocycles. The summed E-state index contributed by atoms with van der Waals surface area (Å²) in [7, 11) is 0. The van der Waals surface area contributed by atoms with Crippen molar-refractivity contribution in [2.24, 2.45) is 0 Å². The van der Waals surface area contributed by atoms with Gasteiger partial charge in [0.1, 0.15) is 17.3 Å². The second kappa shape index (κ2) is 6.38. The SMILES string of the molecule is CCNc1ccc(Cl)c(C(=O)NCc2ncc(C)o2)n1. The van der Waals surface area contributed by atoms with Gasteiger partial charge in [-0.1, -0.05) is 11.6 Å². The van der Waals surface area contributed by atoms with Crippen molar-refractivity contribution in [3.8, 4) is 0 Å². The van der Waals surface area contributed by atoms with E-state index in [0.717, 1.165) is 0 Å². The summed E-state index contributed by atoms with van der Waals surface area (Å²) in [6, 6.07) is 3.36. The van der Waals surface area contributed by atoms with Crippen LogP contribution in [0.25, 0.3) is 0 Å². The molecule has 0 bridgehead atoms. The van der Waals surface area contributed by atoms with E-state index in [9.17, 15) is 4.79 Å². The van der Waals surface area contributed by atoms with Crippen molar-refractivity contribution in [1.82, 2.24) is 15.3 Å². The molecule has 0 fully saturated rings. The fourth-order valence-electron chi connectivity index (χ4n) is 1.60. The molecule has 6 nitrogen and oxygen atoms in total. The smallest absolute Gasteiger partial charge is 0.271 e. The Bertz CT molecular complexity index is 612. The van der Waals surface area contributed by atoms with Gasteiger partial charge >= 0.3 is 0 Å². The van der Waals surface area contributed by atoms with E-state index in [2.05, 4.69) is 20.6 Å². The zero-order chi connectivity index (χ0) is 14.5. The highest BCUT2D eigenvalue weighted by molar-refractivity contribution is 6.33. The van der Waals surface area contributed by atoms with Gasteiger partial charge in [0.05, 0.1) is 17.8 Å². The Hall–Kier alpha value is -2.08. The average molecular weight is 295 g/mol. The molecule has 0 radical (unpaired) electrons. The lowest BCUT2D eigenvalue weighted by atomic mass is 10.3. The Morgan fingerprint density at radius 2 is 2.25 bits per heavy atom. The van der Waals surface area contributed by atoms with Crippen LogP contribution in [-0.2, 0) is 6.54 Å². The van der Waals surface area contributed by atoms with E-state index in [1.807, 2.05) is 6.92 Å². The Morgan fingerprint density at radius 1 is 1.45 bits per heavy atom. The summed E-state index contributed by atoms with van der Waals surface area (Å²) in [5, 5.41) is 5.99. The Morgan fingerprint density at radius 3 is 2.90 bits per heavy atom. The maximum absolute atomic E-state index is 12.0. The third kappa shape index (κ3) is 3.48. The first kappa shape index (κ1) is 14.3. The number of halogens is 1. The van der Waals surface area contributed by atoms with Crippen molar-refractivity contribution in [2.45, 2.75) is 20.4 Å². The van der Waals surface area contributed by atoms with Gasteiger partial charge in [-0.2, -0.15) is 0 Å². The monoisotopic (exact) mass is 294 g/mol. The first-order valence-corrected chi connectivity index (χ1v) is 6.58. The molecule has 0 aliphatic rings. The van der Waals surface area contributed by atoms with Crippen LogP contribution in [0.5, 0.6) is 0 Å². The van der Waals surface area contributed by atoms with Crippen LogP contribution in [0.4, 0.5) is 5.82 Å². The van der Waals surface area contributed by atoms with E-state index in [0.29, 0.717) is 29.0 Å². The van der Waals surface area contributed by atoms with E-state index >= 15 is 0 Å². The molecule has 0 spiro atoms. The van der Waals surface area contributed by atoms with Gasteiger partial charge in [0.2, 0.25) is 5.89 Å². The highest BCUT2D eigenvalue weighted by Crippen LogP contribution is 2.16. The first-order valence-electron chi connectivity index (χ1n) is 6.20. The number of oxazole rings is 1. The van der Waals surface area contributed by atoms with Crippen molar-refractivity contribution in [3.63, 3.8) is 0 Å². The molecule has 0 aliphatic carbocycles. The van der Waals surface area contributed by atoms with Crippen LogP contribution in [0.1, 0.15) is 29.1 Å². The maximum atomic E-state index is 12.0. The molecule has 0 unspecified atom stereocenters. The quantitative estimate of drug-likeness (QED) is 0.885. The lowest BCUT2D eigenvalue weighted by Gasteiger charge is -2.07. The fourth-order valence-corrected chi connectivity index (χ4v) is 1.79. The molecule has 2 aromatic heterocycles. The van der Waals surface area contributed by atoms with E-state index in [1.54, 1.807) is 25.3 Å². The van der Waals surface area contributed by atoms with Crippen molar-refractivity contribution < 1.29 is 9.21 Å². The molecule has 20 heavy (non-hydrogen) atoms. The standard InChI is InChI=1S/C13H15ClN4O2/c1-3-15-10-5-4-9(14)12(18-10)13(19)17-7-11-16-6-8(2)20-11/h4-6H,3,7H2,1-2H3,(H,15,18)(H,17,19). The molecular formula is C13H15ClN4O2. The molecule has 0 atom stereocenters. The fraction of sp³-hybridized carbons (Fsp3) is 0.308. The maximum Gasteiger partial charge on any atom is 0.271 e. The van der Waals surface area contributed by atoms with Crippen molar-refractivity contribution in [2.75, 3.05) is 11.9 Å². The largest absolute Gasteiger partial charge is 0.444 e. The van der Waals surface area contributed by atoms with Gasteiger partial charge in [-0.05, 0) is 26.0 Å². The number of pyridine rings is 1. The third-order valence-electron chi connectivity index (χ3n) is 2.49. The van der Waals surface area contributed by atoms with Gasteiger partial charge in [-0.15, -0.1) is 0 Å². The van der Waals surface area contributed by atoms with E-state index in [1.165, 1.54) is 0 Å². The van der Waals surface area contributed by atoms with Gasteiger partial charge in [-0.3, -0.25) is 4.79 Å². The summed E-state index contributed by atoms with van der Waals surface area (Å²) < 4.78 is 5.27. The summed E-state index contributed by atoms with van der Waals surface area (Å²) in [5.41, 5.74) is 0.174. The summed E-state index contributed by atoms with van der Waals surface area (Å²) in [6.45, 7) is 4.64. The average Bonchev–Trinajstić information content (AvgIpc) is 2.84. The number of aromatic nitrogens is 2. The number of anilines is 1. The zero-order valence-electron chi connectivity index (χ0n) is 11.2.